The van der Waals surface area contributed by atoms with Crippen molar-refractivity contribution in [3.8, 4) is 0 Å². The molecule has 0 saturated heterocycles. The molecule has 0 radical (unpaired) electrons. The Hall–Kier alpha value is -1.91. The maximum absolute atomic E-state index is 12.1. The molecule has 0 aliphatic carbocycles. The first-order chi connectivity index (χ1) is 10.3. The highest BCUT2D eigenvalue weighted by atomic mass is 32.2. The Morgan fingerprint density at radius 1 is 1.55 bits per heavy atom. The van der Waals surface area contributed by atoms with Crippen LogP contribution < -0.4 is 10.6 Å². The van der Waals surface area contributed by atoms with E-state index in [2.05, 4.69) is 15.3 Å². The molecule has 0 fully saturated rings. The highest BCUT2D eigenvalue weighted by Gasteiger charge is 2.27. The van der Waals surface area contributed by atoms with Crippen molar-refractivity contribution in [2.45, 2.75) is 18.9 Å². The summed E-state index contributed by atoms with van der Waals surface area (Å²) in [7, 11) is 0. The molecule has 1 aromatic rings. The van der Waals surface area contributed by atoms with Crippen molar-refractivity contribution in [3.63, 3.8) is 0 Å². The summed E-state index contributed by atoms with van der Waals surface area (Å²) in [6.07, 6.45) is -2.37. The van der Waals surface area contributed by atoms with Gasteiger partial charge in [-0.25, -0.2) is 4.98 Å². The molecular weight excluding hydrogens is 323 g/mol. The van der Waals surface area contributed by atoms with E-state index in [0.717, 1.165) is 11.4 Å². The van der Waals surface area contributed by atoms with Gasteiger partial charge in [-0.1, -0.05) is 0 Å². The predicted molar refractivity (Wildman–Crippen MR) is 76.6 cm³/mol. The van der Waals surface area contributed by atoms with Crippen LogP contribution in [-0.4, -0.2) is 39.9 Å². The summed E-state index contributed by atoms with van der Waals surface area (Å²) in [4.78, 5) is 16.6. The van der Waals surface area contributed by atoms with Crippen molar-refractivity contribution in [3.05, 3.63) is 39.9 Å². The molecule has 124 valence electrons. The summed E-state index contributed by atoms with van der Waals surface area (Å²) in [5.74, 6) is 0.986. The number of aryl methyl sites for hydroxylation is 1. The molecule has 3 N–H and O–H groups in total. The Labute approximate surface area is 128 Å². The second-order valence-electron chi connectivity index (χ2n) is 4.24. The average molecular weight is 339 g/mol. The van der Waals surface area contributed by atoms with Crippen molar-refractivity contribution < 1.29 is 18.1 Å². The van der Waals surface area contributed by atoms with Crippen LogP contribution in [0.3, 0.4) is 0 Å². The lowest BCUT2D eigenvalue weighted by Gasteiger charge is -2.12. The van der Waals surface area contributed by atoms with Gasteiger partial charge in [-0.15, -0.1) is 0 Å². The minimum Gasteiger partial charge on any atom is -0.366 e. The minimum atomic E-state index is -4.44. The number of halogens is 3. The highest BCUT2D eigenvalue weighted by molar-refractivity contribution is 7.98. The molecule has 0 bridgehead atoms. The summed E-state index contributed by atoms with van der Waals surface area (Å²) in [6, 6.07) is 0. The molecule has 0 aliphatic heterocycles. The number of aromatic nitrogens is 2. The van der Waals surface area contributed by atoms with Crippen molar-refractivity contribution in [2.24, 2.45) is 0 Å². The van der Waals surface area contributed by atoms with Gasteiger partial charge in [0.2, 0.25) is 0 Å². The molecule has 11 heteroatoms. The quantitative estimate of drug-likeness (QED) is 0.360. The van der Waals surface area contributed by atoms with E-state index in [-0.39, 0.29) is 5.82 Å². The Bertz CT molecular complexity index is 518. The molecule has 1 aromatic heterocycles. The van der Waals surface area contributed by atoms with Gasteiger partial charge >= 0.3 is 6.18 Å². The second-order valence-corrected chi connectivity index (χ2v) is 5.35. The zero-order valence-corrected chi connectivity index (χ0v) is 12.6. The predicted octanol–water partition coefficient (Wildman–Crippen LogP) is 1.77. The van der Waals surface area contributed by atoms with Crippen LogP contribution in [-0.2, 0) is 5.75 Å². The molecule has 1 rings (SSSR count). The van der Waals surface area contributed by atoms with E-state index in [1.54, 1.807) is 6.33 Å². The van der Waals surface area contributed by atoms with Gasteiger partial charge in [0, 0.05) is 23.7 Å². The zero-order valence-electron chi connectivity index (χ0n) is 11.7. The molecule has 0 spiro atoms. The number of aromatic amines is 1. The third-order valence-corrected chi connectivity index (χ3v) is 3.44. The first-order valence-electron chi connectivity index (χ1n) is 6.24. The van der Waals surface area contributed by atoms with E-state index in [1.807, 2.05) is 12.2 Å². The Balaban J connectivity index is 2.31. The number of thioether (sulfide) groups is 1. The fourth-order valence-electron chi connectivity index (χ4n) is 1.42. The first kappa shape index (κ1) is 18.1. The van der Waals surface area contributed by atoms with Gasteiger partial charge in [-0.05, 0) is 6.92 Å². The molecule has 0 amide bonds. The summed E-state index contributed by atoms with van der Waals surface area (Å²) < 4.78 is 36.3. The lowest BCUT2D eigenvalue weighted by molar-refractivity contribution is -0.404. The molecule has 0 aromatic carbocycles. The van der Waals surface area contributed by atoms with E-state index in [1.165, 1.54) is 11.8 Å². The van der Waals surface area contributed by atoms with E-state index in [9.17, 15) is 23.3 Å². The van der Waals surface area contributed by atoms with Crippen molar-refractivity contribution in [1.29, 1.82) is 0 Å². The number of imidazole rings is 1. The normalized spacial score (nSPS) is 12.3. The number of hydrogen-bond acceptors (Lipinski definition) is 6. The molecule has 0 aliphatic rings. The molecule has 1 heterocycles. The van der Waals surface area contributed by atoms with E-state index >= 15 is 0 Å². The maximum Gasteiger partial charge on any atom is 0.405 e. The highest BCUT2D eigenvalue weighted by Crippen LogP contribution is 2.13. The third-order valence-electron chi connectivity index (χ3n) is 2.46. The molecular formula is C11H16F3N5O2S. The lowest BCUT2D eigenvalue weighted by atomic mass is 10.4. The van der Waals surface area contributed by atoms with Crippen LogP contribution in [0.1, 0.15) is 11.4 Å². The molecule has 7 nitrogen and oxygen atoms in total. The van der Waals surface area contributed by atoms with Gasteiger partial charge in [0.25, 0.3) is 6.20 Å². The van der Waals surface area contributed by atoms with Crippen LogP contribution >= 0.6 is 11.8 Å². The fraction of sp³-hybridized carbons (Fsp3) is 0.545. The van der Waals surface area contributed by atoms with Gasteiger partial charge in [0.15, 0.2) is 5.82 Å². The number of nitro groups is 1. The van der Waals surface area contributed by atoms with Crippen LogP contribution in [0.4, 0.5) is 13.2 Å². The first-order valence-corrected chi connectivity index (χ1v) is 7.40. The van der Waals surface area contributed by atoms with Gasteiger partial charge < -0.3 is 15.6 Å². The Kier molecular flexibility index (Phi) is 7.02. The smallest absolute Gasteiger partial charge is 0.366 e. The average Bonchev–Trinajstić information content (AvgIpc) is 2.79. The van der Waals surface area contributed by atoms with Crippen LogP contribution in [0.15, 0.2) is 18.3 Å². The van der Waals surface area contributed by atoms with Gasteiger partial charge in [0.05, 0.1) is 16.9 Å². The van der Waals surface area contributed by atoms with Crippen LogP contribution in [0.25, 0.3) is 0 Å². The van der Waals surface area contributed by atoms with Crippen molar-refractivity contribution in [2.75, 3.05) is 18.8 Å². The summed E-state index contributed by atoms with van der Waals surface area (Å²) >= 11 is 1.53. The van der Waals surface area contributed by atoms with Gasteiger partial charge in [0.1, 0.15) is 6.54 Å². The molecule has 0 saturated carbocycles. The summed E-state index contributed by atoms with van der Waals surface area (Å²) in [5, 5.41) is 14.9. The third kappa shape index (κ3) is 7.76. The summed E-state index contributed by atoms with van der Waals surface area (Å²) in [6.45, 7) is 0.826. The maximum atomic E-state index is 12.1. The number of nitrogens with one attached hydrogen (secondary N) is 3. The largest absolute Gasteiger partial charge is 0.405 e. The van der Waals surface area contributed by atoms with E-state index in [4.69, 9.17) is 0 Å². The second kappa shape index (κ2) is 8.51. The monoisotopic (exact) mass is 339 g/mol. The van der Waals surface area contributed by atoms with Gasteiger partial charge in [-0.3, -0.25) is 10.1 Å². The Morgan fingerprint density at radius 3 is 2.82 bits per heavy atom. The fourth-order valence-corrected chi connectivity index (χ4v) is 2.31. The number of alkyl halides is 3. The van der Waals surface area contributed by atoms with E-state index in [0.29, 0.717) is 24.3 Å². The molecule has 0 unspecified atom stereocenters. The summed E-state index contributed by atoms with van der Waals surface area (Å²) in [5.41, 5.74) is 1.86. The SMILES string of the molecule is Cc1nc[nH]c1CSCCNC(=C[N+](=O)[O-])NCC(F)(F)F. The van der Waals surface area contributed by atoms with Crippen molar-refractivity contribution >= 4 is 11.8 Å². The minimum absolute atomic E-state index is 0.263. The number of H-pyrrole nitrogens is 1. The van der Waals surface area contributed by atoms with Gasteiger partial charge in [-0.2, -0.15) is 24.9 Å². The van der Waals surface area contributed by atoms with Crippen molar-refractivity contribution in [1.82, 2.24) is 20.6 Å². The van der Waals surface area contributed by atoms with E-state index < -0.39 is 17.6 Å². The standard InChI is InChI=1S/C11H16F3N5O2S/c1-8-9(18-7-17-8)5-22-3-2-15-10(4-19(20)21)16-6-11(12,13)14/h4,7,15-16H,2-3,5-6H2,1H3,(H,17,18). The Morgan fingerprint density at radius 2 is 2.27 bits per heavy atom. The molecule has 0 atom stereocenters. The lowest BCUT2D eigenvalue weighted by Crippen LogP contribution is -2.35. The topological polar surface area (TPSA) is 95.9 Å². The number of nitrogens with zero attached hydrogens (tertiary/aromatic N) is 2. The van der Waals surface area contributed by atoms with Crippen LogP contribution in [0.2, 0.25) is 0 Å². The number of rotatable bonds is 9. The molecule has 22 heavy (non-hydrogen) atoms. The number of hydrogen-bond donors (Lipinski definition) is 3. The zero-order chi connectivity index (χ0) is 16.6. The van der Waals surface area contributed by atoms with Crippen LogP contribution in [0.5, 0.6) is 0 Å². The van der Waals surface area contributed by atoms with Crippen LogP contribution in [0, 0.1) is 17.0 Å².